The van der Waals surface area contributed by atoms with Crippen molar-refractivity contribution in [3.8, 4) is 17.2 Å². The first-order valence-electron chi connectivity index (χ1n) is 11.6. The average molecular weight is 501 g/mol. The Kier molecular flexibility index (Phi) is 7.21. The third-order valence-corrected chi connectivity index (χ3v) is 6.52. The molecule has 1 saturated heterocycles. The molecule has 0 radical (unpaired) electrons. The average Bonchev–Trinajstić information content (AvgIpc) is 3.41. The van der Waals surface area contributed by atoms with Crippen molar-refractivity contribution in [2.75, 3.05) is 30.3 Å². The summed E-state index contributed by atoms with van der Waals surface area (Å²) in [5.74, 6) is 2.20. The number of nitrogens with zero attached hydrogens (tertiary/aromatic N) is 3. The number of anilines is 2. The Balaban J connectivity index is 1.28. The second kappa shape index (κ2) is 11.0. The highest BCUT2D eigenvalue weighted by atomic mass is 32.1. The van der Waals surface area contributed by atoms with E-state index in [0.717, 1.165) is 31.3 Å². The summed E-state index contributed by atoms with van der Waals surface area (Å²) < 4.78 is 12.2. The van der Waals surface area contributed by atoms with Gasteiger partial charge in [-0.15, -0.1) is 11.3 Å². The van der Waals surface area contributed by atoms with Crippen molar-refractivity contribution < 1.29 is 14.3 Å². The van der Waals surface area contributed by atoms with E-state index in [1.54, 1.807) is 54.2 Å². The zero-order chi connectivity index (χ0) is 24.7. The molecule has 2 amide bonds. The summed E-state index contributed by atoms with van der Waals surface area (Å²) in [4.78, 5) is 24.3. The van der Waals surface area contributed by atoms with E-state index >= 15 is 0 Å². The molecule has 2 aromatic carbocycles. The first-order chi connectivity index (χ1) is 17.7. The van der Waals surface area contributed by atoms with Crippen LogP contribution in [0.15, 0.2) is 60.2 Å². The third-order valence-electron chi connectivity index (χ3n) is 5.83. The van der Waals surface area contributed by atoms with Crippen LogP contribution in [0.25, 0.3) is 15.7 Å². The van der Waals surface area contributed by atoms with Crippen LogP contribution in [0, 0.1) is 12.5 Å². The Bertz CT molecular complexity index is 1380. The van der Waals surface area contributed by atoms with E-state index < -0.39 is 0 Å². The van der Waals surface area contributed by atoms with E-state index in [0.29, 0.717) is 51.8 Å². The molecule has 3 heterocycles. The van der Waals surface area contributed by atoms with Crippen molar-refractivity contribution in [3.05, 3.63) is 71.7 Å². The number of fused-ring (bicyclic) bond motifs is 1. The van der Waals surface area contributed by atoms with Crippen LogP contribution in [-0.2, 0) is 0 Å². The van der Waals surface area contributed by atoms with E-state index in [1.165, 1.54) is 11.3 Å². The Morgan fingerprint density at radius 1 is 1.08 bits per heavy atom. The SMILES string of the molecule is [C-]#[N+]c1cc2c(Oc3ccc(NC(=O)Nc4nccs4)cc3)ccnc2cc1OCC1CCNCC1. The van der Waals surface area contributed by atoms with Crippen molar-refractivity contribution in [2.24, 2.45) is 5.92 Å². The lowest BCUT2D eigenvalue weighted by atomic mass is 9.99. The van der Waals surface area contributed by atoms with Crippen molar-refractivity contribution in [1.29, 1.82) is 0 Å². The summed E-state index contributed by atoms with van der Waals surface area (Å²) >= 11 is 1.34. The Labute approximate surface area is 212 Å². The first-order valence-corrected chi connectivity index (χ1v) is 12.4. The van der Waals surface area contributed by atoms with Crippen molar-refractivity contribution in [3.63, 3.8) is 0 Å². The quantitative estimate of drug-likeness (QED) is 0.267. The van der Waals surface area contributed by atoms with Crippen molar-refractivity contribution >= 4 is 44.8 Å². The number of thiazole rings is 1. The molecular weight excluding hydrogens is 476 g/mol. The lowest BCUT2D eigenvalue weighted by Gasteiger charge is -2.23. The highest BCUT2D eigenvalue weighted by molar-refractivity contribution is 7.13. The molecule has 5 rings (SSSR count). The van der Waals surface area contributed by atoms with Crippen LogP contribution in [0.1, 0.15) is 12.8 Å². The van der Waals surface area contributed by atoms with Gasteiger partial charge in [0.25, 0.3) is 0 Å². The number of piperidine rings is 1. The molecule has 36 heavy (non-hydrogen) atoms. The number of nitrogens with one attached hydrogen (secondary N) is 3. The second-order valence-electron chi connectivity index (χ2n) is 8.31. The van der Waals surface area contributed by atoms with Gasteiger partial charge in [-0.1, -0.05) is 0 Å². The van der Waals surface area contributed by atoms with Gasteiger partial charge >= 0.3 is 6.03 Å². The zero-order valence-electron chi connectivity index (χ0n) is 19.4. The Hall–Kier alpha value is -4.20. The first kappa shape index (κ1) is 23.5. The lowest BCUT2D eigenvalue weighted by molar-refractivity contribution is 0.216. The van der Waals surface area contributed by atoms with Crippen LogP contribution >= 0.6 is 11.3 Å². The molecule has 1 aliphatic heterocycles. The maximum Gasteiger partial charge on any atom is 0.325 e. The molecule has 0 aliphatic carbocycles. The maximum absolute atomic E-state index is 12.1. The largest absolute Gasteiger partial charge is 0.504 e. The van der Waals surface area contributed by atoms with Gasteiger partial charge < -0.3 is 20.1 Å². The normalized spacial score (nSPS) is 13.6. The lowest BCUT2D eigenvalue weighted by Crippen LogP contribution is -2.30. The molecule has 1 aliphatic rings. The molecule has 182 valence electrons. The van der Waals surface area contributed by atoms with Crippen LogP contribution < -0.4 is 25.4 Å². The van der Waals surface area contributed by atoms with Gasteiger partial charge in [-0.2, -0.15) is 0 Å². The highest BCUT2D eigenvalue weighted by Crippen LogP contribution is 2.38. The van der Waals surface area contributed by atoms with Crippen molar-refractivity contribution in [1.82, 2.24) is 15.3 Å². The number of pyridine rings is 1. The summed E-state index contributed by atoms with van der Waals surface area (Å²) in [7, 11) is 0. The second-order valence-corrected chi connectivity index (χ2v) is 9.20. The smallest absolute Gasteiger partial charge is 0.325 e. The topological polar surface area (TPSA) is 102 Å². The predicted octanol–water partition coefficient (Wildman–Crippen LogP) is 6.06. The Morgan fingerprint density at radius 3 is 2.67 bits per heavy atom. The molecular formula is C26H24N6O3S. The summed E-state index contributed by atoms with van der Waals surface area (Å²) in [5.41, 5.74) is 1.74. The molecule has 3 N–H and O–H groups in total. The minimum Gasteiger partial charge on any atom is -0.504 e. The summed E-state index contributed by atoms with van der Waals surface area (Å²) in [6.45, 7) is 10.2. The molecule has 4 aromatic rings. The van der Waals surface area contributed by atoms with Gasteiger partial charge in [0.05, 0.1) is 18.7 Å². The number of aromatic nitrogens is 2. The van der Waals surface area contributed by atoms with Gasteiger partial charge in [-0.3, -0.25) is 10.3 Å². The molecule has 10 heteroatoms. The standard InChI is InChI=1S/C26H24N6O3S/c1-27-22-14-20-21(15-24(22)34-16-17-6-9-28-10-7-17)29-11-8-23(20)35-19-4-2-18(3-5-19)31-25(33)32-26-30-12-13-36-26/h2-5,8,11-15,17,28H,6-7,9-10,16H2,(H2,30,31,32,33). The van der Waals surface area contributed by atoms with E-state index in [4.69, 9.17) is 16.0 Å². The number of amides is 2. The monoisotopic (exact) mass is 500 g/mol. The molecule has 2 aromatic heterocycles. The fourth-order valence-electron chi connectivity index (χ4n) is 3.96. The number of ether oxygens (including phenoxy) is 2. The number of hydrogen-bond acceptors (Lipinski definition) is 7. The highest BCUT2D eigenvalue weighted by Gasteiger charge is 2.16. The molecule has 1 fully saturated rings. The van der Waals surface area contributed by atoms with Gasteiger partial charge in [0.1, 0.15) is 17.2 Å². The molecule has 0 saturated carbocycles. The van der Waals surface area contributed by atoms with E-state index in [9.17, 15) is 4.79 Å². The van der Waals surface area contributed by atoms with Gasteiger partial charge in [0.2, 0.25) is 5.69 Å². The summed E-state index contributed by atoms with van der Waals surface area (Å²) in [6.07, 6.45) is 5.44. The van der Waals surface area contributed by atoms with Gasteiger partial charge in [0, 0.05) is 28.8 Å². The van der Waals surface area contributed by atoms with E-state index in [2.05, 4.69) is 30.8 Å². The molecule has 0 bridgehead atoms. The van der Waals surface area contributed by atoms with Gasteiger partial charge in [0.15, 0.2) is 5.13 Å². The number of carbonyl (C=O) groups is 1. The number of benzene rings is 2. The number of urea groups is 1. The molecule has 9 nitrogen and oxygen atoms in total. The minimum atomic E-state index is -0.372. The fourth-order valence-corrected chi connectivity index (χ4v) is 4.49. The van der Waals surface area contributed by atoms with Gasteiger partial charge in [-0.05, 0) is 74.3 Å². The van der Waals surface area contributed by atoms with Crippen LogP contribution in [-0.4, -0.2) is 35.7 Å². The number of carbonyl (C=O) groups excluding carboxylic acids is 1. The number of hydrogen-bond donors (Lipinski definition) is 3. The van der Waals surface area contributed by atoms with Crippen LogP contribution in [0.5, 0.6) is 17.2 Å². The van der Waals surface area contributed by atoms with Crippen LogP contribution in [0.2, 0.25) is 0 Å². The maximum atomic E-state index is 12.1. The van der Waals surface area contributed by atoms with Crippen molar-refractivity contribution in [2.45, 2.75) is 12.8 Å². The fraction of sp³-hybridized carbons (Fsp3) is 0.231. The van der Waals surface area contributed by atoms with E-state index in [1.807, 2.05) is 6.07 Å². The predicted molar refractivity (Wildman–Crippen MR) is 140 cm³/mol. The summed E-state index contributed by atoms with van der Waals surface area (Å²) in [6, 6.07) is 12.0. The molecule has 0 spiro atoms. The minimum absolute atomic E-state index is 0.372. The van der Waals surface area contributed by atoms with E-state index in [-0.39, 0.29) is 6.03 Å². The number of rotatable bonds is 7. The molecule has 0 unspecified atom stereocenters. The van der Waals surface area contributed by atoms with Crippen LogP contribution in [0.3, 0.4) is 0 Å². The van der Waals surface area contributed by atoms with Crippen LogP contribution in [0.4, 0.5) is 21.3 Å². The molecule has 0 atom stereocenters. The Morgan fingerprint density at radius 2 is 1.92 bits per heavy atom. The zero-order valence-corrected chi connectivity index (χ0v) is 20.2. The summed E-state index contributed by atoms with van der Waals surface area (Å²) in [5, 5.41) is 11.8. The van der Waals surface area contributed by atoms with Gasteiger partial charge in [-0.25, -0.2) is 14.6 Å². The third kappa shape index (κ3) is 5.71.